The van der Waals surface area contributed by atoms with Gasteiger partial charge in [0.05, 0.1) is 27.4 Å². The lowest BCUT2D eigenvalue weighted by molar-refractivity contribution is 0.0370. The fourth-order valence-corrected chi connectivity index (χ4v) is 3.88. The summed E-state index contributed by atoms with van der Waals surface area (Å²) in [5.41, 5.74) is 3.27. The Kier molecular flexibility index (Phi) is 5.86. The van der Waals surface area contributed by atoms with Crippen LogP contribution in [0, 0.1) is 6.92 Å². The maximum Gasteiger partial charge on any atom is 0.355 e. The van der Waals surface area contributed by atoms with E-state index in [1.165, 1.54) is 0 Å². The van der Waals surface area contributed by atoms with Gasteiger partial charge in [-0.25, -0.2) is 4.79 Å². The molecule has 0 saturated carbocycles. The minimum Gasteiger partial charge on any atom is -0.493 e. The Morgan fingerprint density at radius 1 is 1.07 bits per heavy atom. The van der Waals surface area contributed by atoms with Crippen molar-refractivity contribution in [2.24, 2.45) is 0 Å². The molecule has 7 nitrogen and oxygen atoms in total. The minimum atomic E-state index is -0.441. The summed E-state index contributed by atoms with van der Waals surface area (Å²) in [7, 11) is 4.67. The lowest BCUT2D eigenvalue weighted by Gasteiger charge is -2.24. The number of ether oxygens (including phenoxy) is 4. The van der Waals surface area contributed by atoms with E-state index in [1.807, 2.05) is 12.1 Å². The number of methoxy groups -OCH3 is 3. The number of Topliss-reactive ketones (excluding diaryl/α,β-unsaturated/α-hetero) is 1. The Labute approximate surface area is 170 Å². The van der Waals surface area contributed by atoms with Gasteiger partial charge in [0.1, 0.15) is 5.69 Å². The Morgan fingerprint density at radius 3 is 2.21 bits per heavy atom. The first-order chi connectivity index (χ1) is 13.8. The van der Waals surface area contributed by atoms with Gasteiger partial charge in [-0.15, -0.1) is 0 Å². The second-order valence-electron chi connectivity index (χ2n) is 7.42. The summed E-state index contributed by atoms with van der Waals surface area (Å²) in [6, 6.07) is 3.74. The number of carbonyl (C=O) groups excluding carboxylic acids is 2. The minimum absolute atomic E-state index is 0.00217. The monoisotopic (exact) mass is 401 g/mol. The van der Waals surface area contributed by atoms with E-state index in [0.29, 0.717) is 46.9 Å². The van der Waals surface area contributed by atoms with Gasteiger partial charge in [-0.2, -0.15) is 0 Å². The molecule has 29 heavy (non-hydrogen) atoms. The number of esters is 1. The molecule has 0 aliphatic heterocycles. The van der Waals surface area contributed by atoms with Gasteiger partial charge in [-0.1, -0.05) is 0 Å². The van der Waals surface area contributed by atoms with Crippen molar-refractivity contribution in [3.63, 3.8) is 0 Å². The van der Waals surface area contributed by atoms with Crippen LogP contribution in [-0.4, -0.2) is 44.2 Å². The average molecular weight is 401 g/mol. The number of nitrogens with one attached hydrogen (secondary N) is 1. The summed E-state index contributed by atoms with van der Waals surface area (Å²) >= 11 is 0. The first-order valence-electron chi connectivity index (χ1n) is 9.56. The van der Waals surface area contributed by atoms with Crippen LogP contribution in [0.15, 0.2) is 12.1 Å². The van der Waals surface area contributed by atoms with E-state index in [0.717, 1.165) is 11.3 Å². The van der Waals surface area contributed by atoms with Crippen LogP contribution in [-0.2, 0) is 11.2 Å². The Hall–Kier alpha value is -2.96. The molecule has 1 N–H and O–H groups in total. The first kappa shape index (κ1) is 20.8. The highest BCUT2D eigenvalue weighted by Crippen LogP contribution is 2.43. The van der Waals surface area contributed by atoms with Gasteiger partial charge < -0.3 is 23.9 Å². The lowest BCUT2D eigenvalue weighted by atomic mass is 9.81. The van der Waals surface area contributed by atoms with Crippen molar-refractivity contribution in [1.29, 1.82) is 0 Å². The second-order valence-corrected chi connectivity index (χ2v) is 7.42. The largest absolute Gasteiger partial charge is 0.493 e. The highest BCUT2D eigenvalue weighted by atomic mass is 16.5. The molecule has 3 rings (SSSR count). The molecule has 0 amide bonds. The maximum atomic E-state index is 12.9. The number of hydrogen-bond acceptors (Lipinski definition) is 6. The predicted octanol–water partition coefficient (Wildman–Crippen LogP) is 3.83. The topological polar surface area (TPSA) is 86.9 Å². The third kappa shape index (κ3) is 3.81. The van der Waals surface area contributed by atoms with Gasteiger partial charge in [0.25, 0.3) is 0 Å². The third-order valence-electron chi connectivity index (χ3n) is 5.19. The van der Waals surface area contributed by atoms with Gasteiger partial charge in [0.15, 0.2) is 17.3 Å². The van der Waals surface area contributed by atoms with E-state index >= 15 is 0 Å². The predicted molar refractivity (Wildman–Crippen MR) is 108 cm³/mol. The van der Waals surface area contributed by atoms with E-state index in [1.54, 1.807) is 42.1 Å². The van der Waals surface area contributed by atoms with Gasteiger partial charge >= 0.3 is 5.97 Å². The van der Waals surface area contributed by atoms with Crippen LogP contribution < -0.4 is 14.2 Å². The number of aromatic nitrogens is 1. The Bertz CT molecular complexity index is 918. The van der Waals surface area contributed by atoms with Crippen molar-refractivity contribution in [2.75, 3.05) is 21.3 Å². The third-order valence-corrected chi connectivity index (χ3v) is 5.19. The van der Waals surface area contributed by atoms with E-state index in [9.17, 15) is 9.59 Å². The fraction of sp³-hybridized carbons (Fsp3) is 0.455. The zero-order chi connectivity index (χ0) is 21.3. The molecule has 156 valence electrons. The van der Waals surface area contributed by atoms with Gasteiger partial charge in [-0.05, 0) is 56.4 Å². The number of hydrogen-bond donors (Lipinski definition) is 1. The van der Waals surface area contributed by atoms with Crippen LogP contribution in [0.25, 0.3) is 0 Å². The number of H-pyrrole nitrogens is 1. The average Bonchev–Trinajstić information content (AvgIpc) is 3.03. The summed E-state index contributed by atoms with van der Waals surface area (Å²) in [5, 5.41) is 0. The summed E-state index contributed by atoms with van der Waals surface area (Å²) in [4.78, 5) is 28.4. The molecule has 1 atom stereocenters. The SMILES string of the molecule is COc1cc(C2CC(=O)c3c([nH]c(C(=O)OC(C)C)c3C)C2)cc(OC)c1OC. The van der Waals surface area contributed by atoms with E-state index in [-0.39, 0.29) is 17.8 Å². The van der Waals surface area contributed by atoms with Crippen LogP contribution in [0.4, 0.5) is 0 Å². The fourth-order valence-electron chi connectivity index (χ4n) is 3.88. The maximum absolute atomic E-state index is 12.9. The Morgan fingerprint density at radius 2 is 1.69 bits per heavy atom. The van der Waals surface area contributed by atoms with E-state index < -0.39 is 5.97 Å². The molecule has 2 aromatic rings. The quantitative estimate of drug-likeness (QED) is 0.741. The zero-order valence-electron chi connectivity index (χ0n) is 17.7. The molecule has 1 aromatic carbocycles. The van der Waals surface area contributed by atoms with Gasteiger partial charge in [0.2, 0.25) is 5.75 Å². The molecule has 0 fully saturated rings. The molecule has 0 saturated heterocycles. The molecule has 1 unspecified atom stereocenters. The van der Waals surface area contributed by atoms with Crippen molar-refractivity contribution in [3.05, 3.63) is 40.2 Å². The van der Waals surface area contributed by atoms with Crippen molar-refractivity contribution in [1.82, 2.24) is 4.98 Å². The van der Waals surface area contributed by atoms with Gasteiger partial charge in [0, 0.05) is 17.7 Å². The van der Waals surface area contributed by atoms with E-state index in [4.69, 9.17) is 18.9 Å². The number of benzene rings is 1. The zero-order valence-corrected chi connectivity index (χ0v) is 17.7. The summed E-state index contributed by atoms with van der Waals surface area (Å²) in [5.74, 6) is 1.09. The van der Waals surface area contributed by atoms with Crippen LogP contribution in [0.5, 0.6) is 17.2 Å². The van der Waals surface area contributed by atoms with Crippen molar-refractivity contribution < 1.29 is 28.5 Å². The molecule has 7 heteroatoms. The molecular formula is C22H27NO6. The van der Waals surface area contributed by atoms with Crippen molar-refractivity contribution in [3.8, 4) is 17.2 Å². The number of fused-ring (bicyclic) bond motifs is 1. The Balaban J connectivity index is 1.98. The molecule has 1 heterocycles. The van der Waals surface area contributed by atoms with Crippen LogP contribution in [0.3, 0.4) is 0 Å². The summed E-state index contributed by atoms with van der Waals surface area (Å²) < 4.78 is 21.6. The van der Waals surface area contributed by atoms with Gasteiger partial charge in [-0.3, -0.25) is 4.79 Å². The highest BCUT2D eigenvalue weighted by Gasteiger charge is 2.33. The number of carbonyl (C=O) groups is 2. The number of ketones is 1. The first-order valence-corrected chi connectivity index (χ1v) is 9.56. The normalized spacial score (nSPS) is 15.8. The van der Waals surface area contributed by atoms with Crippen LogP contribution in [0.2, 0.25) is 0 Å². The number of aromatic amines is 1. The molecule has 1 aromatic heterocycles. The standard InChI is InChI=1S/C22H27NO6/c1-11(2)29-22(25)20-12(3)19-15(23-20)7-13(8-16(19)24)14-9-17(26-4)21(28-6)18(10-14)27-5/h9-11,13,23H,7-8H2,1-6H3. The summed E-state index contributed by atoms with van der Waals surface area (Å²) in [6.07, 6.45) is 0.698. The second kappa shape index (κ2) is 8.19. The van der Waals surface area contributed by atoms with Crippen LogP contribution >= 0.6 is 0 Å². The lowest BCUT2D eigenvalue weighted by Crippen LogP contribution is -2.19. The molecular weight excluding hydrogens is 374 g/mol. The molecule has 0 radical (unpaired) electrons. The van der Waals surface area contributed by atoms with Crippen molar-refractivity contribution >= 4 is 11.8 Å². The number of rotatable bonds is 6. The molecule has 0 spiro atoms. The highest BCUT2D eigenvalue weighted by molar-refractivity contribution is 6.03. The van der Waals surface area contributed by atoms with E-state index in [2.05, 4.69) is 4.98 Å². The van der Waals surface area contributed by atoms with Crippen LogP contribution in [0.1, 0.15) is 63.9 Å². The summed E-state index contributed by atoms with van der Waals surface area (Å²) in [6.45, 7) is 5.37. The molecule has 1 aliphatic rings. The smallest absolute Gasteiger partial charge is 0.355 e. The van der Waals surface area contributed by atoms with Crippen molar-refractivity contribution in [2.45, 2.75) is 45.6 Å². The molecule has 0 bridgehead atoms. The molecule has 1 aliphatic carbocycles.